The molecule has 118 heavy (non-hydrogen) atoms. The second kappa shape index (κ2) is 49.6. The standard InChI is InChI=1S/C83H104N14O21/c1-52(2)45-66-75(105)92-62(37-42-86-80(110)115-48-57-27-15-7-16-28-57)71(101)91-65(39-44-88-82(112)117-50-59-31-19-9-20-32-59)74(104)96-68(53(3)98)77(107)84-40-35-64(93-78(108)69(54(4)99)97-83(113)118-51-60-33-21-10-22-34-60)72(102)89-61(36-41-85-79(109)114-47-56-25-13-6-14-26-56)70(100)90-63(38-43-87-81(111)116-49-58-29-17-8-18-30-58)73(103)95-67(76(106)94-66)46-55-23-11-5-12-24-55/h5-34,52-54,61-69,98-99H,35-51H2,1-4H3,(H,84,107)(H,85,109)(H,86,110)(H,87,111)(H,88,112)(H,89,102)(H,90,100)(H,91,101)(H,92,105)(H,93,108)(H,94,106)(H,95,103)(H,96,104)(H,97,113)/t53-,54-,61+,62+,63+,64+,65+,66+,67-,68+,69+/m1/s1. The lowest BCUT2D eigenvalue weighted by molar-refractivity contribution is -0.136. The quantitative estimate of drug-likeness (QED) is 0.0278. The molecule has 1 aliphatic heterocycles. The van der Waals surface area contributed by atoms with Crippen molar-refractivity contribution >= 4 is 83.6 Å². The number of hydrogen-bond donors (Lipinski definition) is 16. The maximum atomic E-state index is 15.3. The highest BCUT2D eigenvalue weighted by Crippen LogP contribution is 2.14. The number of hydrogen-bond acceptors (Lipinski definition) is 21. The van der Waals surface area contributed by atoms with Gasteiger partial charge in [-0.2, -0.15) is 0 Å². The van der Waals surface area contributed by atoms with Crippen LogP contribution in [0.15, 0.2) is 182 Å². The Labute approximate surface area is 682 Å². The molecule has 16 N–H and O–H groups in total. The largest absolute Gasteiger partial charge is 0.445 e. The van der Waals surface area contributed by atoms with Crippen LogP contribution in [0.25, 0.3) is 0 Å². The monoisotopic (exact) mass is 1630 g/mol. The van der Waals surface area contributed by atoms with E-state index >= 15 is 28.8 Å². The molecule has 6 aromatic carbocycles. The fraction of sp³-hybridized carbons (Fsp3) is 0.398. The first-order chi connectivity index (χ1) is 56.8. The fourth-order valence-electron chi connectivity index (χ4n) is 11.8. The zero-order valence-electron chi connectivity index (χ0n) is 65.9. The van der Waals surface area contributed by atoms with E-state index in [9.17, 15) is 48.6 Å². The molecule has 1 saturated heterocycles. The minimum atomic E-state index is -1.92. The summed E-state index contributed by atoms with van der Waals surface area (Å²) in [6.07, 6.45) is -11.5. The zero-order chi connectivity index (χ0) is 85.1. The van der Waals surface area contributed by atoms with Crippen LogP contribution in [0.2, 0.25) is 0 Å². The number of aliphatic hydroxyl groups excluding tert-OH is 2. The summed E-state index contributed by atoms with van der Waals surface area (Å²) in [4.78, 5) is 201. The summed E-state index contributed by atoms with van der Waals surface area (Å²) in [5.41, 5.74) is 3.53. The highest BCUT2D eigenvalue weighted by atomic mass is 16.6. The van der Waals surface area contributed by atoms with E-state index in [4.69, 9.17) is 23.7 Å². The molecule has 35 heteroatoms. The number of ether oxygens (including phenoxy) is 5. The Morgan fingerprint density at radius 2 is 0.653 bits per heavy atom. The Balaban J connectivity index is 1.30. The Kier molecular flexibility index (Phi) is 38.6. The highest BCUT2D eigenvalue weighted by molar-refractivity contribution is 5.99. The maximum Gasteiger partial charge on any atom is 0.408 e. The molecule has 14 amide bonds. The fourth-order valence-corrected chi connectivity index (χ4v) is 11.8. The average molecular weight is 1630 g/mol. The van der Waals surface area contributed by atoms with Crippen molar-refractivity contribution in [1.82, 2.24) is 74.4 Å². The zero-order valence-corrected chi connectivity index (χ0v) is 65.9. The molecule has 1 aliphatic rings. The number of nitrogens with one attached hydrogen (secondary N) is 14. The van der Waals surface area contributed by atoms with Crippen molar-refractivity contribution in [2.75, 3.05) is 32.7 Å². The molecule has 0 unspecified atom stereocenters. The summed E-state index contributed by atoms with van der Waals surface area (Å²) in [7, 11) is 0. The predicted molar refractivity (Wildman–Crippen MR) is 427 cm³/mol. The minimum absolute atomic E-state index is 0.133. The lowest BCUT2D eigenvalue weighted by atomic mass is 10.00. The number of amides is 14. The summed E-state index contributed by atoms with van der Waals surface area (Å²) >= 11 is 0. The molecule has 1 heterocycles. The van der Waals surface area contributed by atoms with Crippen LogP contribution in [0.1, 0.15) is 99.6 Å². The molecule has 1 fully saturated rings. The molecular formula is C83H104N14O21. The van der Waals surface area contributed by atoms with Crippen molar-refractivity contribution in [2.24, 2.45) is 5.92 Å². The van der Waals surface area contributed by atoms with Gasteiger partial charge in [-0.3, -0.25) is 43.2 Å². The third kappa shape index (κ3) is 33.7. The van der Waals surface area contributed by atoms with E-state index in [2.05, 4.69) is 74.4 Å². The summed E-state index contributed by atoms with van der Waals surface area (Å²) in [6, 6.07) is 35.3. The van der Waals surface area contributed by atoms with Crippen LogP contribution in [-0.2, 0) is 106 Å². The van der Waals surface area contributed by atoms with Crippen LogP contribution in [-0.4, -0.2) is 193 Å². The first-order valence-corrected chi connectivity index (χ1v) is 38.6. The Bertz CT molecular complexity index is 4240. The number of carbonyl (C=O) groups is 14. The number of rotatable bonds is 31. The Morgan fingerprint density at radius 1 is 0.364 bits per heavy atom. The number of carbonyl (C=O) groups excluding carboxylic acids is 14. The van der Waals surface area contributed by atoms with Crippen molar-refractivity contribution in [3.05, 3.63) is 215 Å². The van der Waals surface area contributed by atoms with Gasteiger partial charge in [0, 0.05) is 39.1 Å². The van der Waals surface area contributed by atoms with Crippen molar-refractivity contribution in [2.45, 2.75) is 172 Å². The molecule has 0 spiro atoms. The van der Waals surface area contributed by atoms with Gasteiger partial charge in [0.05, 0.1) is 12.2 Å². The molecule has 11 atom stereocenters. The van der Waals surface area contributed by atoms with Crippen molar-refractivity contribution < 1.29 is 101 Å². The highest BCUT2D eigenvalue weighted by Gasteiger charge is 2.38. The molecule has 6 aromatic rings. The molecular weight excluding hydrogens is 1530 g/mol. The Morgan fingerprint density at radius 3 is 0.983 bits per heavy atom. The number of benzene rings is 6. The lowest BCUT2D eigenvalue weighted by Gasteiger charge is -2.29. The van der Waals surface area contributed by atoms with E-state index < -0.39 is 214 Å². The smallest absolute Gasteiger partial charge is 0.408 e. The van der Waals surface area contributed by atoms with Gasteiger partial charge >= 0.3 is 30.5 Å². The van der Waals surface area contributed by atoms with E-state index in [1.807, 2.05) is 0 Å². The van der Waals surface area contributed by atoms with Crippen LogP contribution in [0.4, 0.5) is 24.0 Å². The van der Waals surface area contributed by atoms with E-state index in [-0.39, 0.29) is 52.4 Å². The molecule has 7 rings (SSSR count). The van der Waals surface area contributed by atoms with Gasteiger partial charge in [-0.1, -0.05) is 196 Å². The molecule has 632 valence electrons. The minimum Gasteiger partial charge on any atom is -0.445 e. The van der Waals surface area contributed by atoms with Crippen LogP contribution in [0.3, 0.4) is 0 Å². The third-order valence-electron chi connectivity index (χ3n) is 18.1. The summed E-state index contributed by atoms with van der Waals surface area (Å²) < 4.78 is 26.9. The van der Waals surface area contributed by atoms with Gasteiger partial charge < -0.3 is 108 Å². The van der Waals surface area contributed by atoms with Crippen molar-refractivity contribution in [3.8, 4) is 0 Å². The summed E-state index contributed by atoms with van der Waals surface area (Å²) in [5.74, 6) is -10.5. The van der Waals surface area contributed by atoms with Crippen LogP contribution < -0.4 is 74.4 Å². The first kappa shape index (κ1) is 92.0. The molecule has 0 aliphatic carbocycles. The number of aliphatic hydroxyl groups is 2. The topological polar surface area (TPSA) is 494 Å². The van der Waals surface area contributed by atoms with Crippen LogP contribution in [0, 0.1) is 5.92 Å². The van der Waals surface area contributed by atoms with E-state index in [0.717, 1.165) is 13.8 Å². The molecule has 0 aromatic heterocycles. The molecule has 0 bridgehead atoms. The predicted octanol–water partition coefficient (Wildman–Crippen LogP) is 3.00. The van der Waals surface area contributed by atoms with Crippen molar-refractivity contribution in [1.29, 1.82) is 0 Å². The molecule has 0 saturated carbocycles. The van der Waals surface area contributed by atoms with Gasteiger partial charge in [-0.05, 0) is 91.7 Å². The molecule has 0 radical (unpaired) electrons. The number of alkyl carbamates (subject to hydrolysis) is 5. The summed E-state index contributed by atoms with van der Waals surface area (Å²) in [6.45, 7) is 2.44. The normalized spacial score (nSPS) is 19.4. The SMILES string of the molecule is CC(C)C[C@@H]1NC(=O)[C@@H](Cc2ccccc2)NC(=O)[C@H](CCNC(=O)OCc2ccccc2)NC(=O)[C@H](CCNC(=O)OCc2ccccc2)NC(=O)[C@@H](NC(=O)[C@@H](NC(=O)OCc2ccccc2)[C@@H](C)O)CCNC(=O)[C@H]([C@@H](C)O)NC(=O)[C@H](CCNC(=O)OCc2ccccc2)NC(=O)[C@H](CCNC(=O)OCc2ccccc2)NC1=O. The maximum absolute atomic E-state index is 15.3. The van der Waals surface area contributed by atoms with Gasteiger partial charge in [0.2, 0.25) is 53.2 Å². The Hall–Kier alpha value is -13.2. The molecule has 35 nitrogen and oxygen atoms in total. The second-order valence-electron chi connectivity index (χ2n) is 28.1. The summed E-state index contributed by atoms with van der Waals surface area (Å²) in [5, 5.41) is 57.9. The van der Waals surface area contributed by atoms with Gasteiger partial charge in [0.15, 0.2) is 0 Å². The van der Waals surface area contributed by atoms with Crippen molar-refractivity contribution in [3.63, 3.8) is 0 Å². The van der Waals surface area contributed by atoms with Gasteiger partial charge in [0.1, 0.15) is 87.4 Å². The van der Waals surface area contributed by atoms with Gasteiger partial charge in [-0.25, -0.2) is 24.0 Å². The van der Waals surface area contributed by atoms with E-state index in [1.165, 1.54) is 0 Å². The van der Waals surface area contributed by atoms with Crippen LogP contribution in [0.5, 0.6) is 0 Å². The van der Waals surface area contributed by atoms with E-state index in [1.54, 1.807) is 196 Å². The van der Waals surface area contributed by atoms with Gasteiger partial charge in [0.25, 0.3) is 0 Å². The second-order valence-corrected chi connectivity index (χ2v) is 28.1. The van der Waals surface area contributed by atoms with Crippen LogP contribution >= 0.6 is 0 Å². The first-order valence-electron chi connectivity index (χ1n) is 38.6. The third-order valence-corrected chi connectivity index (χ3v) is 18.1. The van der Waals surface area contributed by atoms with E-state index in [0.29, 0.717) is 33.4 Å². The lowest BCUT2D eigenvalue weighted by Crippen LogP contribution is -2.62. The average Bonchev–Trinajstić information content (AvgIpc) is 0.853. The van der Waals surface area contributed by atoms with Gasteiger partial charge in [-0.15, -0.1) is 0 Å².